The van der Waals surface area contributed by atoms with Gasteiger partial charge in [-0.2, -0.15) is 0 Å². The number of benzene rings is 1. The highest BCUT2D eigenvalue weighted by Gasteiger charge is 2.03. The fourth-order valence-corrected chi connectivity index (χ4v) is 1.58. The van der Waals surface area contributed by atoms with E-state index in [0.717, 1.165) is 11.4 Å². The molecule has 0 aliphatic carbocycles. The van der Waals surface area contributed by atoms with Crippen LogP contribution < -0.4 is 0 Å². The SMILES string of the molecule is CCOC(=O)/C=C\n1ccnc1-c1ccccc1. The van der Waals surface area contributed by atoms with Crippen molar-refractivity contribution >= 4 is 12.2 Å². The molecule has 92 valence electrons. The third kappa shape index (κ3) is 2.85. The van der Waals surface area contributed by atoms with Crippen molar-refractivity contribution in [2.45, 2.75) is 6.92 Å². The van der Waals surface area contributed by atoms with Gasteiger partial charge in [-0.3, -0.25) is 0 Å². The van der Waals surface area contributed by atoms with E-state index in [1.54, 1.807) is 30.1 Å². The van der Waals surface area contributed by atoms with Crippen molar-refractivity contribution in [1.82, 2.24) is 9.55 Å². The minimum Gasteiger partial charge on any atom is -0.463 e. The van der Waals surface area contributed by atoms with Gasteiger partial charge in [-0.25, -0.2) is 9.78 Å². The second-order valence-electron chi connectivity index (χ2n) is 3.59. The van der Waals surface area contributed by atoms with Crippen LogP contribution in [0.3, 0.4) is 0 Å². The van der Waals surface area contributed by atoms with Crippen LogP contribution in [0.5, 0.6) is 0 Å². The Morgan fingerprint density at radius 3 is 2.89 bits per heavy atom. The molecule has 0 radical (unpaired) electrons. The Bertz CT molecular complexity index is 544. The molecule has 1 aromatic carbocycles. The van der Waals surface area contributed by atoms with Gasteiger partial charge in [0.1, 0.15) is 5.82 Å². The smallest absolute Gasteiger partial charge is 0.332 e. The summed E-state index contributed by atoms with van der Waals surface area (Å²) in [6.45, 7) is 2.15. The maximum Gasteiger partial charge on any atom is 0.332 e. The van der Waals surface area contributed by atoms with Crippen LogP contribution in [0, 0.1) is 0 Å². The number of ether oxygens (including phenoxy) is 1. The molecule has 0 spiro atoms. The first kappa shape index (κ1) is 12.1. The number of carbonyl (C=O) groups is 1. The summed E-state index contributed by atoms with van der Waals surface area (Å²) in [5.74, 6) is 0.432. The molecule has 0 saturated heterocycles. The lowest BCUT2D eigenvalue weighted by molar-refractivity contribution is -0.137. The van der Waals surface area contributed by atoms with E-state index in [0.29, 0.717) is 6.61 Å². The van der Waals surface area contributed by atoms with E-state index in [-0.39, 0.29) is 5.97 Å². The van der Waals surface area contributed by atoms with Crippen LogP contribution in [0.2, 0.25) is 0 Å². The number of aromatic nitrogens is 2. The van der Waals surface area contributed by atoms with Crippen molar-refractivity contribution in [1.29, 1.82) is 0 Å². The Kier molecular flexibility index (Phi) is 3.91. The summed E-state index contributed by atoms with van der Waals surface area (Å²) in [6.07, 6.45) is 6.51. The molecule has 0 unspecified atom stereocenters. The normalized spacial score (nSPS) is 10.7. The Morgan fingerprint density at radius 1 is 1.39 bits per heavy atom. The first-order valence-electron chi connectivity index (χ1n) is 5.74. The molecule has 0 bridgehead atoms. The van der Waals surface area contributed by atoms with E-state index < -0.39 is 0 Å². The second-order valence-corrected chi connectivity index (χ2v) is 3.59. The van der Waals surface area contributed by atoms with Gasteiger partial charge >= 0.3 is 5.97 Å². The summed E-state index contributed by atoms with van der Waals surface area (Å²) in [5.41, 5.74) is 0.996. The van der Waals surface area contributed by atoms with Gasteiger partial charge in [0.25, 0.3) is 0 Å². The summed E-state index contributed by atoms with van der Waals surface area (Å²) < 4.78 is 6.61. The van der Waals surface area contributed by atoms with Gasteiger partial charge < -0.3 is 9.30 Å². The number of hydrogen-bond acceptors (Lipinski definition) is 3. The average molecular weight is 242 g/mol. The van der Waals surface area contributed by atoms with Gasteiger partial charge in [0.2, 0.25) is 0 Å². The molecular weight excluding hydrogens is 228 g/mol. The molecule has 4 heteroatoms. The maximum atomic E-state index is 11.2. The minimum atomic E-state index is -0.356. The molecule has 0 amide bonds. The topological polar surface area (TPSA) is 44.1 Å². The van der Waals surface area contributed by atoms with Crippen LogP contribution in [0.1, 0.15) is 6.92 Å². The third-order valence-corrected chi connectivity index (χ3v) is 2.36. The summed E-state index contributed by atoms with van der Waals surface area (Å²) in [6, 6.07) is 9.78. The molecule has 0 saturated carbocycles. The molecular formula is C14H14N2O2. The average Bonchev–Trinajstić information content (AvgIpc) is 2.86. The number of nitrogens with zero attached hydrogens (tertiary/aromatic N) is 2. The van der Waals surface area contributed by atoms with E-state index in [1.165, 1.54) is 6.08 Å². The Morgan fingerprint density at radius 2 is 2.17 bits per heavy atom. The van der Waals surface area contributed by atoms with Gasteiger partial charge in [-0.1, -0.05) is 30.3 Å². The van der Waals surface area contributed by atoms with E-state index in [2.05, 4.69) is 4.98 Å². The minimum absolute atomic E-state index is 0.356. The molecule has 0 aliphatic heterocycles. The summed E-state index contributed by atoms with van der Waals surface area (Å²) in [4.78, 5) is 15.5. The molecule has 0 aliphatic rings. The molecule has 0 fully saturated rings. The summed E-state index contributed by atoms with van der Waals surface area (Å²) >= 11 is 0. The Balaban J connectivity index is 2.21. The third-order valence-electron chi connectivity index (χ3n) is 2.36. The number of carbonyl (C=O) groups excluding carboxylic acids is 1. The van der Waals surface area contributed by atoms with Gasteiger partial charge in [0.05, 0.1) is 6.61 Å². The van der Waals surface area contributed by atoms with Crippen LogP contribution >= 0.6 is 0 Å². The van der Waals surface area contributed by atoms with E-state index in [4.69, 9.17) is 4.74 Å². The molecule has 1 aromatic heterocycles. The highest BCUT2D eigenvalue weighted by molar-refractivity contribution is 5.85. The highest BCUT2D eigenvalue weighted by Crippen LogP contribution is 2.16. The number of hydrogen-bond donors (Lipinski definition) is 0. The second kappa shape index (κ2) is 5.82. The van der Waals surface area contributed by atoms with E-state index >= 15 is 0 Å². The zero-order valence-corrected chi connectivity index (χ0v) is 10.1. The molecule has 2 rings (SSSR count). The zero-order chi connectivity index (χ0) is 12.8. The summed E-state index contributed by atoms with van der Waals surface area (Å²) in [5, 5.41) is 0. The van der Waals surface area contributed by atoms with Gasteiger partial charge in [0, 0.05) is 30.2 Å². The van der Waals surface area contributed by atoms with Gasteiger partial charge in [-0.05, 0) is 6.92 Å². The predicted molar refractivity (Wildman–Crippen MR) is 69.6 cm³/mol. The lowest BCUT2D eigenvalue weighted by atomic mass is 10.2. The van der Waals surface area contributed by atoms with Crippen molar-refractivity contribution < 1.29 is 9.53 Å². The van der Waals surface area contributed by atoms with Crippen molar-refractivity contribution in [3.8, 4) is 11.4 Å². The number of imidazole rings is 1. The Labute approximate surface area is 106 Å². The van der Waals surface area contributed by atoms with Crippen molar-refractivity contribution in [2.75, 3.05) is 6.61 Å². The number of esters is 1. The molecule has 2 aromatic rings. The highest BCUT2D eigenvalue weighted by atomic mass is 16.5. The molecule has 18 heavy (non-hydrogen) atoms. The fourth-order valence-electron chi connectivity index (χ4n) is 1.58. The lowest BCUT2D eigenvalue weighted by Crippen LogP contribution is -2.00. The molecule has 0 N–H and O–H groups in total. The molecule has 4 nitrogen and oxygen atoms in total. The fraction of sp³-hybridized carbons (Fsp3) is 0.143. The van der Waals surface area contributed by atoms with Gasteiger partial charge in [0.15, 0.2) is 0 Å². The van der Waals surface area contributed by atoms with Crippen LogP contribution in [-0.2, 0) is 9.53 Å². The van der Waals surface area contributed by atoms with Crippen LogP contribution in [0.4, 0.5) is 0 Å². The maximum absolute atomic E-state index is 11.2. The summed E-state index contributed by atoms with van der Waals surface area (Å²) in [7, 11) is 0. The zero-order valence-electron chi connectivity index (χ0n) is 10.1. The first-order valence-corrected chi connectivity index (χ1v) is 5.74. The van der Waals surface area contributed by atoms with E-state index in [1.807, 2.05) is 30.3 Å². The molecule has 0 atom stereocenters. The lowest BCUT2D eigenvalue weighted by Gasteiger charge is -2.02. The van der Waals surface area contributed by atoms with Gasteiger partial charge in [-0.15, -0.1) is 0 Å². The molecule has 1 heterocycles. The van der Waals surface area contributed by atoms with Crippen molar-refractivity contribution in [2.24, 2.45) is 0 Å². The van der Waals surface area contributed by atoms with Crippen molar-refractivity contribution in [3.63, 3.8) is 0 Å². The first-order chi connectivity index (χ1) is 8.81. The monoisotopic (exact) mass is 242 g/mol. The van der Waals surface area contributed by atoms with Crippen molar-refractivity contribution in [3.05, 3.63) is 48.8 Å². The van der Waals surface area contributed by atoms with Crippen LogP contribution in [0.15, 0.2) is 48.8 Å². The van der Waals surface area contributed by atoms with Crippen LogP contribution in [-0.4, -0.2) is 22.1 Å². The Hall–Kier alpha value is -2.36. The predicted octanol–water partition coefficient (Wildman–Crippen LogP) is 2.58. The number of rotatable bonds is 4. The van der Waals surface area contributed by atoms with E-state index in [9.17, 15) is 4.79 Å². The largest absolute Gasteiger partial charge is 0.463 e. The standard InChI is InChI=1S/C14H14N2O2/c1-2-18-13(17)8-10-16-11-9-15-14(16)12-6-4-3-5-7-12/h3-11H,2H2,1H3/b10-8-. The van der Waals surface area contributed by atoms with Crippen LogP contribution in [0.25, 0.3) is 17.6 Å². The quantitative estimate of drug-likeness (QED) is 0.611.